The summed E-state index contributed by atoms with van der Waals surface area (Å²) in [6.07, 6.45) is 0.892. The Morgan fingerprint density at radius 1 is 1.29 bits per heavy atom. The van der Waals surface area contributed by atoms with Crippen molar-refractivity contribution in [2.45, 2.75) is 25.9 Å². The molecule has 1 aromatic carbocycles. The lowest BCUT2D eigenvalue weighted by molar-refractivity contribution is -0.0103. The molecule has 78 valence electrons. The van der Waals surface area contributed by atoms with Crippen LogP contribution in [0.2, 0.25) is 0 Å². The van der Waals surface area contributed by atoms with Crippen LogP contribution in [-0.2, 0) is 10.3 Å². The second kappa shape index (κ2) is 4.58. The average molecular weight is 193 g/mol. The SMILES string of the molecule is CCC(CN)(OC)c1ccc(C)cc1. The van der Waals surface area contributed by atoms with E-state index in [2.05, 4.69) is 38.1 Å². The molecular formula is C12H19NO. The average Bonchev–Trinajstić information content (AvgIpc) is 2.24. The van der Waals surface area contributed by atoms with Crippen LogP contribution in [0.1, 0.15) is 24.5 Å². The fourth-order valence-electron chi connectivity index (χ4n) is 1.67. The van der Waals surface area contributed by atoms with Gasteiger partial charge in [-0.25, -0.2) is 0 Å². The predicted molar refractivity (Wildman–Crippen MR) is 59.2 cm³/mol. The lowest BCUT2D eigenvalue weighted by Crippen LogP contribution is -2.36. The molecule has 2 N–H and O–H groups in total. The molecule has 0 aliphatic rings. The van der Waals surface area contributed by atoms with Crippen molar-refractivity contribution in [1.29, 1.82) is 0 Å². The molecule has 0 heterocycles. The van der Waals surface area contributed by atoms with Gasteiger partial charge in [0.25, 0.3) is 0 Å². The van der Waals surface area contributed by atoms with E-state index >= 15 is 0 Å². The van der Waals surface area contributed by atoms with E-state index in [-0.39, 0.29) is 5.60 Å². The van der Waals surface area contributed by atoms with E-state index in [0.29, 0.717) is 6.54 Å². The predicted octanol–water partition coefficient (Wildman–Crippen LogP) is 2.21. The van der Waals surface area contributed by atoms with Crippen LogP contribution in [-0.4, -0.2) is 13.7 Å². The Hall–Kier alpha value is -0.860. The van der Waals surface area contributed by atoms with Crippen LogP contribution in [0.3, 0.4) is 0 Å². The fraction of sp³-hybridized carbons (Fsp3) is 0.500. The summed E-state index contributed by atoms with van der Waals surface area (Å²) >= 11 is 0. The summed E-state index contributed by atoms with van der Waals surface area (Å²) in [6.45, 7) is 4.69. The number of methoxy groups -OCH3 is 1. The van der Waals surface area contributed by atoms with Crippen LogP contribution in [0, 0.1) is 6.92 Å². The Kier molecular flexibility index (Phi) is 3.67. The number of nitrogens with two attached hydrogens (primary N) is 1. The molecule has 0 aromatic heterocycles. The Balaban J connectivity index is 3.05. The molecule has 1 unspecified atom stereocenters. The molecule has 2 nitrogen and oxygen atoms in total. The van der Waals surface area contributed by atoms with Crippen LogP contribution in [0.15, 0.2) is 24.3 Å². The van der Waals surface area contributed by atoms with E-state index < -0.39 is 0 Å². The summed E-state index contributed by atoms with van der Waals surface area (Å²) < 4.78 is 5.54. The highest BCUT2D eigenvalue weighted by Crippen LogP contribution is 2.27. The summed E-state index contributed by atoms with van der Waals surface area (Å²) in [5, 5.41) is 0. The molecule has 0 saturated heterocycles. The van der Waals surface area contributed by atoms with Crippen LogP contribution in [0.25, 0.3) is 0 Å². The molecule has 0 aliphatic carbocycles. The quantitative estimate of drug-likeness (QED) is 0.795. The van der Waals surface area contributed by atoms with Crippen LogP contribution >= 0.6 is 0 Å². The lowest BCUT2D eigenvalue weighted by atomic mass is 9.90. The number of aryl methyl sites for hydroxylation is 1. The van der Waals surface area contributed by atoms with Crippen molar-refractivity contribution in [1.82, 2.24) is 0 Å². The van der Waals surface area contributed by atoms with Crippen molar-refractivity contribution >= 4 is 0 Å². The zero-order valence-corrected chi connectivity index (χ0v) is 9.21. The Morgan fingerprint density at radius 2 is 1.86 bits per heavy atom. The molecule has 0 radical (unpaired) electrons. The third-order valence-corrected chi connectivity index (χ3v) is 2.87. The van der Waals surface area contributed by atoms with Crippen molar-refractivity contribution in [2.75, 3.05) is 13.7 Å². The first-order valence-corrected chi connectivity index (χ1v) is 5.01. The van der Waals surface area contributed by atoms with Gasteiger partial charge in [-0.15, -0.1) is 0 Å². The Labute approximate surface area is 86.1 Å². The molecular weight excluding hydrogens is 174 g/mol. The maximum Gasteiger partial charge on any atom is 0.105 e. The van der Waals surface area contributed by atoms with E-state index in [1.54, 1.807) is 7.11 Å². The topological polar surface area (TPSA) is 35.2 Å². The highest BCUT2D eigenvalue weighted by molar-refractivity contribution is 5.27. The fourth-order valence-corrected chi connectivity index (χ4v) is 1.67. The van der Waals surface area contributed by atoms with Gasteiger partial charge in [0.2, 0.25) is 0 Å². The molecule has 0 bridgehead atoms. The molecule has 1 atom stereocenters. The molecule has 0 amide bonds. The van der Waals surface area contributed by atoms with E-state index in [0.717, 1.165) is 12.0 Å². The number of ether oxygens (including phenoxy) is 1. The Morgan fingerprint density at radius 3 is 2.21 bits per heavy atom. The number of benzene rings is 1. The van der Waals surface area contributed by atoms with Gasteiger partial charge in [0.1, 0.15) is 5.60 Å². The highest BCUT2D eigenvalue weighted by atomic mass is 16.5. The van der Waals surface area contributed by atoms with Crippen LogP contribution in [0.5, 0.6) is 0 Å². The van der Waals surface area contributed by atoms with Gasteiger partial charge >= 0.3 is 0 Å². The maximum absolute atomic E-state index is 5.77. The molecule has 2 heteroatoms. The summed E-state index contributed by atoms with van der Waals surface area (Å²) in [5.74, 6) is 0. The third kappa shape index (κ3) is 1.97. The van der Waals surface area contributed by atoms with E-state index in [1.165, 1.54) is 5.56 Å². The van der Waals surface area contributed by atoms with Crippen molar-refractivity contribution in [3.05, 3.63) is 35.4 Å². The highest BCUT2D eigenvalue weighted by Gasteiger charge is 2.27. The van der Waals surface area contributed by atoms with Crippen molar-refractivity contribution in [3.8, 4) is 0 Å². The van der Waals surface area contributed by atoms with Crippen molar-refractivity contribution in [3.63, 3.8) is 0 Å². The van der Waals surface area contributed by atoms with Gasteiger partial charge in [0.15, 0.2) is 0 Å². The number of rotatable bonds is 4. The van der Waals surface area contributed by atoms with Crippen molar-refractivity contribution < 1.29 is 4.74 Å². The minimum absolute atomic E-state index is 0.312. The standard InChI is InChI=1S/C12H19NO/c1-4-12(9-13,14-3)11-7-5-10(2)6-8-11/h5-8H,4,9,13H2,1-3H3. The molecule has 0 aliphatic heterocycles. The summed E-state index contributed by atoms with van der Waals surface area (Å²) in [4.78, 5) is 0. The maximum atomic E-state index is 5.77. The number of hydrogen-bond donors (Lipinski definition) is 1. The first-order chi connectivity index (χ1) is 6.68. The van der Waals surface area contributed by atoms with Gasteiger partial charge in [-0.1, -0.05) is 36.8 Å². The van der Waals surface area contributed by atoms with Crippen molar-refractivity contribution in [2.24, 2.45) is 5.73 Å². The second-order valence-corrected chi connectivity index (χ2v) is 3.62. The van der Waals surface area contributed by atoms with Gasteiger partial charge in [-0.3, -0.25) is 0 Å². The molecule has 1 rings (SSSR count). The van der Waals surface area contributed by atoms with Gasteiger partial charge in [-0.05, 0) is 18.9 Å². The minimum Gasteiger partial charge on any atom is -0.372 e. The smallest absolute Gasteiger partial charge is 0.105 e. The van der Waals surface area contributed by atoms with Gasteiger partial charge in [0.05, 0.1) is 0 Å². The lowest BCUT2D eigenvalue weighted by Gasteiger charge is -2.30. The largest absolute Gasteiger partial charge is 0.372 e. The van der Waals surface area contributed by atoms with Crippen LogP contribution in [0.4, 0.5) is 0 Å². The zero-order chi connectivity index (χ0) is 10.6. The van der Waals surface area contributed by atoms with E-state index in [9.17, 15) is 0 Å². The second-order valence-electron chi connectivity index (χ2n) is 3.62. The zero-order valence-electron chi connectivity index (χ0n) is 9.21. The molecule has 1 aromatic rings. The van der Waals surface area contributed by atoms with Gasteiger partial charge in [0, 0.05) is 13.7 Å². The van der Waals surface area contributed by atoms with Crippen LogP contribution < -0.4 is 5.73 Å². The molecule has 0 saturated carbocycles. The molecule has 0 spiro atoms. The third-order valence-electron chi connectivity index (χ3n) is 2.87. The first-order valence-electron chi connectivity index (χ1n) is 5.01. The van der Waals surface area contributed by atoms with E-state index in [4.69, 9.17) is 10.5 Å². The van der Waals surface area contributed by atoms with Gasteiger partial charge in [-0.2, -0.15) is 0 Å². The molecule has 0 fully saturated rings. The monoisotopic (exact) mass is 193 g/mol. The normalized spacial score (nSPS) is 15.1. The van der Waals surface area contributed by atoms with Gasteiger partial charge < -0.3 is 10.5 Å². The first kappa shape index (κ1) is 11.2. The summed E-state index contributed by atoms with van der Waals surface area (Å²) in [5.41, 5.74) is 7.88. The Bertz CT molecular complexity index is 267. The minimum atomic E-state index is -0.312. The molecule has 14 heavy (non-hydrogen) atoms. The summed E-state index contributed by atoms with van der Waals surface area (Å²) in [6, 6.07) is 8.37. The van der Waals surface area contributed by atoms with E-state index in [1.807, 2.05) is 0 Å². The summed E-state index contributed by atoms with van der Waals surface area (Å²) in [7, 11) is 1.72. The number of hydrogen-bond acceptors (Lipinski definition) is 2.